The molecule has 1 aromatic rings. The van der Waals surface area contributed by atoms with Gasteiger partial charge in [0, 0.05) is 20.2 Å². The van der Waals surface area contributed by atoms with Crippen LogP contribution in [0.15, 0.2) is 12.3 Å². The van der Waals surface area contributed by atoms with Crippen molar-refractivity contribution >= 4 is 5.91 Å². The van der Waals surface area contributed by atoms with E-state index in [2.05, 4.69) is 5.10 Å². The van der Waals surface area contributed by atoms with Crippen LogP contribution < -0.4 is 0 Å². The molecule has 0 aromatic carbocycles. The fourth-order valence-electron chi connectivity index (χ4n) is 1.07. The van der Waals surface area contributed by atoms with Crippen LogP contribution in [0, 0.1) is 0 Å². The summed E-state index contributed by atoms with van der Waals surface area (Å²) in [6, 6.07) is 1.84. The van der Waals surface area contributed by atoms with Crippen molar-refractivity contribution in [1.82, 2.24) is 14.7 Å². The molecule has 1 rings (SSSR count). The largest absolute Gasteiger partial charge is 0.394 e. The van der Waals surface area contributed by atoms with E-state index in [9.17, 15) is 4.79 Å². The molecule has 18 heavy (non-hydrogen) atoms. The van der Waals surface area contributed by atoms with Crippen molar-refractivity contribution in [3.05, 3.63) is 18.0 Å². The third-order valence-electron chi connectivity index (χ3n) is 1.96. The Kier molecular flexibility index (Phi) is 12.8. The molecular formula is C13H27N3O2. The van der Waals surface area contributed by atoms with Gasteiger partial charge in [-0.1, -0.05) is 27.7 Å². The van der Waals surface area contributed by atoms with E-state index >= 15 is 0 Å². The molecule has 1 aromatic heterocycles. The SMILES string of the molecule is CC.CC.CC(=O)N(C)Cc1ccn(CCO)n1. The van der Waals surface area contributed by atoms with Crippen LogP contribution in [0.25, 0.3) is 0 Å². The first-order chi connectivity index (χ1) is 8.63. The maximum Gasteiger partial charge on any atom is 0.219 e. The summed E-state index contributed by atoms with van der Waals surface area (Å²) < 4.78 is 1.66. The van der Waals surface area contributed by atoms with Crippen LogP contribution in [-0.4, -0.2) is 39.3 Å². The normalized spacial score (nSPS) is 8.61. The molecule has 0 radical (unpaired) electrons. The minimum absolute atomic E-state index is 0.0155. The summed E-state index contributed by atoms with van der Waals surface area (Å²) in [6.45, 7) is 10.6. The van der Waals surface area contributed by atoms with Crippen molar-refractivity contribution in [2.75, 3.05) is 13.7 Å². The molecule has 1 heterocycles. The highest BCUT2D eigenvalue weighted by Gasteiger charge is 2.05. The first-order valence-electron chi connectivity index (χ1n) is 6.48. The molecule has 5 heteroatoms. The molecule has 0 aliphatic rings. The Morgan fingerprint density at radius 3 is 2.39 bits per heavy atom. The third kappa shape index (κ3) is 7.84. The summed E-state index contributed by atoms with van der Waals surface area (Å²) in [6.07, 6.45) is 1.79. The van der Waals surface area contributed by atoms with Gasteiger partial charge in [0.05, 0.1) is 25.4 Å². The number of aliphatic hydroxyl groups excluding tert-OH is 1. The van der Waals surface area contributed by atoms with Crippen molar-refractivity contribution in [2.45, 2.75) is 47.7 Å². The van der Waals surface area contributed by atoms with Gasteiger partial charge in [-0.15, -0.1) is 0 Å². The smallest absolute Gasteiger partial charge is 0.219 e. The Labute approximate surface area is 110 Å². The molecule has 0 aliphatic heterocycles. The van der Waals surface area contributed by atoms with Gasteiger partial charge in [-0.25, -0.2) is 0 Å². The van der Waals surface area contributed by atoms with Crippen LogP contribution in [0.1, 0.15) is 40.3 Å². The van der Waals surface area contributed by atoms with E-state index in [1.807, 2.05) is 33.8 Å². The minimum atomic E-state index is 0.0155. The van der Waals surface area contributed by atoms with Crippen LogP contribution in [0.2, 0.25) is 0 Å². The molecule has 5 nitrogen and oxygen atoms in total. The number of hydrogen-bond donors (Lipinski definition) is 1. The lowest BCUT2D eigenvalue weighted by atomic mass is 10.4. The summed E-state index contributed by atoms with van der Waals surface area (Å²) in [7, 11) is 1.73. The van der Waals surface area contributed by atoms with Crippen LogP contribution in [0.5, 0.6) is 0 Å². The molecule has 0 saturated carbocycles. The number of aromatic nitrogens is 2. The lowest BCUT2D eigenvalue weighted by Crippen LogP contribution is -2.23. The summed E-state index contributed by atoms with van der Waals surface area (Å²) in [4.78, 5) is 12.5. The second-order valence-corrected chi connectivity index (χ2v) is 3.17. The molecule has 0 saturated heterocycles. The first kappa shape index (κ1) is 19.0. The zero-order valence-corrected chi connectivity index (χ0v) is 12.5. The van der Waals surface area contributed by atoms with Crippen molar-refractivity contribution < 1.29 is 9.90 Å². The maximum atomic E-state index is 10.9. The number of hydrogen-bond acceptors (Lipinski definition) is 3. The molecule has 0 aliphatic carbocycles. The van der Waals surface area contributed by atoms with Gasteiger partial charge in [0.15, 0.2) is 0 Å². The highest BCUT2D eigenvalue weighted by atomic mass is 16.3. The van der Waals surface area contributed by atoms with E-state index in [0.29, 0.717) is 13.1 Å². The molecule has 1 amide bonds. The molecule has 0 spiro atoms. The van der Waals surface area contributed by atoms with Crippen molar-refractivity contribution in [3.8, 4) is 0 Å². The van der Waals surface area contributed by atoms with Gasteiger partial charge in [0.1, 0.15) is 0 Å². The number of rotatable bonds is 4. The lowest BCUT2D eigenvalue weighted by molar-refractivity contribution is -0.128. The first-order valence-corrected chi connectivity index (χ1v) is 6.48. The predicted molar refractivity (Wildman–Crippen MR) is 74.2 cm³/mol. The average molecular weight is 257 g/mol. The van der Waals surface area contributed by atoms with Gasteiger partial charge in [0.2, 0.25) is 5.91 Å². The number of nitrogens with zero attached hydrogens (tertiary/aromatic N) is 3. The van der Waals surface area contributed by atoms with Crippen molar-refractivity contribution in [2.24, 2.45) is 0 Å². The van der Waals surface area contributed by atoms with Crippen molar-refractivity contribution in [3.63, 3.8) is 0 Å². The Balaban J connectivity index is 0. The Hall–Kier alpha value is -1.36. The van der Waals surface area contributed by atoms with Gasteiger partial charge in [0.25, 0.3) is 0 Å². The Morgan fingerprint density at radius 1 is 1.39 bits per heavy atom. The van der Waals surface area contributed by atoms with Gasteiger partial charge >= 0.3 is 0 Å². The Morgan fingerprint density at radius 2 is 1.94 bits per heavy atom. The number of carbonyl (C=O) groups is 1. The van der Waals surface area contributed by atoms with E-state index in [1.165, 1.54) is 6.92 Å². The second-order valence-electron chi connectivity index (χ2n) is 3.17. The molecule has 0 fully saturated rings. The fourth-order valence-corrected chi connectivity index (χ4v) is 1.07. The predicted octanol–water partition coefficient (Wildman–Crippen LogP) is 1.91. The summed E-state index contributed by atoms with van der Waals surface area (Å²) in [5.41, 5.74) is 0.830. The minimum Gasteiger partial charge on any atom is -0.394 e. The Bertz CT molecular complexity index is 311. The van der Waals surface area contributed by atoms with Crippen LogP contribution in [0.4, 0.5) is 0 Å². The highest BCUT2D eigenvalue weighted by molar-refractivity contribution is 5.72. The van der Waals surface area contributed by atoms with Gasteiger partial charge in [-0.3, -0.25) is 9.48 Å². The van der Waals surface area contributed by atoms with E-state index < -0.39 is 0 Å². The molecule has 106 valence electrons. The van der Waals surface area contributed by atoms with E-state index in [1.54, 1.807) is 22.8 Å². The zero-order chi connectivity index (χ0) is 14.6. The number of aliphatic hydroxyl groups is 1. The van der Waals surface area contributed by atoms with E-state index in [-0.39, 0.29) is 12.5 Å². The monoisotopic (exact) mass is 257 g/mol. The summed E-state index contributed by atoms with van der Waals surface area (Å²) >= 11 is 0. The van der Waals surface area contributed by atoms with Gasteiger partial charge in [-0.2, -0.15) is 5.10 Å². The average Bonchev–Trinajstić information content (AvgIpc) is 2.82. The second kappa shape index (κ2) is 12.1. The van der Waals surface area contributed by atoms with Crippen LogP contribution >= 0.6 is 0 Å². The standard InChI is InChI=1S/C9H15N3O2.2C2H6/c1-8(14)11(2)7-9-3-4-12(10-9)5-6-13;2*1-2/h3-4,13H,5-7H2,1-2H3;2*1-2H3. The molecular weight excluding hydrogens is 230 g/mol. The molecule has 1 N–H and O–H groups in total. The van der Waals surface area contributed by atoms with Gasteiger partial charge in [-0.05, 0) is 6.07 Å². The van der Waals surface area contributed by atoms with Crippen LogP contribution in [0.3, 0.4) is 0 Å². The molecule has 0 atom stereocenters. The lowest BCUT2D eigenvalue weighted by Gasteiger charge is -2.12. The fraction of sp³-hybridized carbons (Fsp3) is 0.692. The third-order valence-corrected chi connectivity index (χ3v) is 1.96. The topological polar surface area (TPSA) is 58.4 Å². The zero-order valence-electron chi connectivity index (χ0n) is 12.5. The summed E-state index contributed by atoms with van der Waals surface area (Å²) in [5, 5.41) is 12.9. The van der Waals surface area contributed by atoms with Crippen LogP contribution in [-0.2, 0) is 17.9 Å². The quantitative estimate of drug-likeness (QED) is 0.896. The van der Waals surface area contributed by atoms with Crippen molar-refractivity contribution in [1.29, 1.82) is 0 Å². The molecule has 0 unspecified atom stereocenters. The van der Waals surface area contributed by atoms with Gasteiger partial charge < -0.3 is 10.0 Å². The molecule has 0 bridgehead atoms. The van der Waals surface area contributed by atoms with E-state index in [4.69, 9.17) is 5.11 Å². The maximum absolute atomic E-state index is 10.9. The number of amides is 1. The summed E-state index contributed by atoms with van der Waals surface area (Å²) in [5.74, 6) is 0.0155. The highest BCUT2D eigenvalue weighted by Crippen LogP contribution is 2.00. The number of carbonyl (C=O) groups excluding carboxylic acids is 1. The van der Waals surface area contributed by atoms with E-state index in [0.717, 1.165) is 5.69 Å².